The second-order valence-corrected chi connectivity index (χ2v) is 6.48. The van der Waals surface area contributed by atoms with Gasteiger partial charge in [-0.2, -0.15) is 5.26 Å². The van der Waals surface area contributed by atoms with Crippen LogP contribution in [0.4, 0.5) is 0 Å². The number of rotatable bonds is 4. The predicted octanol–water partition coefficient (Wildman–Crippen LogP) is 4.21. The van der Waals surface area contributed by atoms with Gasteiger partial charge in [0.05, 0.1) is 17.2 Å². The molecule has 0 N–H and O–H groups in total. The molecule has 2 aromatic carbocycles. The molecule has 0 radical (unpaired) electrons. The van der Waals surface area contributed by atoms with Gasteiger partial charge in [-0.15, -0.1) is 0 Å². The fourth-order valence-electron chi connectivity index (χ4n) is 2.16. The summed E-state index contributed by atoms with van der Waals surface area (Å²) in [4.78, 5) is 14.6. The number of carbonyl (C=O) groups excluding carboxylic acids is 1. The zero-order valence-electron chi connectivity index (χ0n) is 12.6. The van der Waals surface area contributed by atoms with Gasteiger partial charge in [0.2, 0.25) is 0 Å². The SMILES string of the molecule is CC(C)N(Cc1ccc(C#N)cc1)C(=O)c1ccccc1I. The Morgan fingerprint density at radius 2 is 1.82 bits per heavy atom. The number of benzene rings is 2. The van der Waals surface area contributed by atoms with E-state index >= 15 is 0 Å². The maximum absolute atomic E-state index is 12.8. The summed E-state index contributed by atoms with van der Waals surface area (Å²) >= 11 is 2.19. The summed E-state index contributed by atoms with van der Waals surface area (Å²) in [6.45, 7) is 4.56. The van der Waals surface area contributed by atoms with Crippen molar-refractivity contribution in [1.82, 2.24) is 4.90 Å². The molecule has 22 heavy (non-hydrogen) atoms. The number of nitriles is 1. The Kier molecular flexibility index (Phi) is 5.56. The molecule has 0 saturated heterocycles. The second-order valence-electron chi connectivity index (χ2n) is 5.32. The third-order valence-electron chi connectivity index (χ3n) is 3.42. The summed E-state index contributed by atoms with van der Waals surface area (Å²) in [6.07, 6.45) is 0. The smallest absolute Gasteiger partial charge is 0.255 e. The van der Waals surface area contributed by atoms with Crippen molar-refractivity contribution >= 4 is 28.5 Å². The highest BCUT2D eigenvalue weighted by Gasteiger charge is 2.20. The fraction of sp³-hybridized carbons (Fsp3) is 0.222. The molecule has 0 bridgehead atoms. The lowest BCUT2D eigenvalue weighted by molar-refractivity contribution is 0.0689. The molecule has 112 valence electrons. The van der Waals surface area contributed by atoms with Gasteiger partial charge in [-0.25, -0.2) is 0 Å². The van der Waals surface area contributed by atoms with Crippen LogP contribution in [-0.2, 0) is 6.54 Å². The first-order chi connectivity index (χ1) is 10.5. The van der Waals surface area contributed by atoms with Gasteiger partial charge >= 0.3 is 0 Å². The van der Waals surface area contributed by atoms with Gasteiger partial charge in [0.1, 0.15) is 0 Å². The molecule has 0 saturated carbocycles. The number of nitrogens with zero attached hydrogens (tertiary/aromatic N) is 2. The minimum Gasteiger partial charge on any atom is -0.332 e. The summed E-state index contributed by atoms with van der Waals surface area (Å²) in [7, 11) is 0. The molecule has 0 fully saturated rings. The van der Waals surface area contributed by atoms with E-state index in [1.807, 2.05) is 55.1 Å². The Balaban J connectivity index is 2.25. The van der Waals surface area contributed by atoms with Gasteiger partial charge in [0.15, 0.2) is 0 Å². The lowest BCUT2D eigenvalue weighted by Crippen LogP contribution is -2.36. The Morgan fingerprint density at radius 1 is 1.18 bits per heavy atom. The van der Waals surface area contributed by atoms with E-state index in [0.29, 0.717) is 12.1 Å². The summed E-state index contributed by atoms with van der Waals surface area (Å²) in [5, 5.41) is 8.85. The normalized spacial score (nSPS) is 10.3. The number of hydrogen-bond donors (Lipinski definition) is 0. The minimum absolute atomic E-state index is 0.0318. The molecule has 0 atom stereocenters. The maximum Gasteiger partial charge on any atom is 0.255 e. The molecule has 0 unspecified atom stereocenters. The Hall–Kier alpha value is -1.87. The van der Waals surface area contributed by atoms with Crippen molar-refractivity contribution in [2.75, 3.05) is 0 Å². The van der Waals surface area contributed by atoms with Crippen molar-refractivity contribution in [2.45, 2.75) is 26.4 Å². The topological polar surface area (TPSA) is 44.1 Å². The van der Waals surface area contributed by atoms with Crippen LogP contribution in [0.3, 0.4) is 0 Å². The molecule has 0 aliphatic rings. The zero-order valence-corrected chi connectivity index (χ0v) is 14.7. The van der Waals surface area contributed by atoms with Gasteiger partial charge in [-0.1, -0.05) is 24.3 Å². The molecule has 0 aliphatic carbocycles. The van der Waals surface area contributed by atoms with E-state index in [1.165, 1.54) is 0 Å². The van der Waals surface area contributed by atoms with E-state index in [2.05, 4.69) is 28.7 Å². The molecular weight excluding hydrogens is 387 g/mol. The minimum atomic E-state index is 0.0318. The Morgan fingerprint density at radius 3 is 2.36 bits per heavy atom. The molecule has 0 heterocycles. The molecule has 1 amide bonds. The van der Waals surface area contributed by atoms with Crippen LogP contribution in [0.1, 0.15) is 35.3 Å². The monoisotopic (exact) mass is 404 g/mol. The number of hydrogen-bond acceptors (Lipinski definition) is 2. The van der Waals surface area contributed by atoms with Crippen LogP contribution in [0.5, 0.6) is 0 Å². The van der Waals surface area contributed by atoms with Crippen LogP contribution in [0.25, 0.3) is 0 Å². The third kappa shape index (κ3) is 3.86. The Bertz CT molecular complexity index is 702. The van der Waals surface area contributed by atoms with Crippen molar-refractivity contribution in [3.63, 3.8) is 0 Å². The van der Waals surface area contributed by atoms with Crippen LogP contribution in [0.2, 0.25) is 0 Å². The average Bonchev–Trinajstić information content (AvgIpc) is 2.52. The van der Waals surface area contributed by atoms with Gasteiger partial charge in [-0.3, -0.25) is 4.79 Å². The first kappa shape index (κ1) is 16.5. The molecular formula is C18H17IN2O. The van der Waals surface area contributed by atoms with E-state index in [0.717, 1.165) is 14.7 Å². The molecule has 0 spiro atoms. The number of carbonyl (C=O) groups is 1. The van der Waals surface area contributed by atoms with Crippen LogP contribution >= 0.6 is 22.6 Å². The quantitative estimate of drug-likeness (QED) is 0.717. The summed E-state index contributed by atoms with van der Waals surface area (Å²) < 4.78 is 0.954. The third-order valence-corrected chi connectivity index (χ3v) is 4.37. The van der Waals surface area contributed by atoms with Crippen LogP contribution < -0.4 is 0 Å². The van der Waals surface area contributed by atoms with Gasteiger partial charge < -0.3 is 4.90 Å². The van der Waals surface area contributed by atoms with E-state index in [9.17, 15) is 4.79 Å². The van der Waals surface area contributed by atoms with Crippen LogP contribution in [0, 0.1) is 14.9 Å². The summed E-state index contributed by atoms with van der Waals surface area (Å²) in [5.41, 5.74) is 2.38. The lowest BCUT2D eigenvalue weighted by Gasteiger charge is -2.27. The van der Waals surface area contributed by atoms with E-state index in [4.69, 9.17) is 5.26 Å². The highest BCUT2D eigenvalue weighted by molar-refractivity contribution is 14.1. The molecule has 0 aliphatic heterocycles. The second kappa shape index (κ2) is 7.41. The number of halogens is 1. The highest BCUT2D eigenvalue weighted by atomic mass is 127. The first-order valence-corrected chi connectivity index (χ1v) is 8.15. The molecule has 0 aromatic heterocycles. The van der Waals surface area contributed by atoms with E-state index in [1.54, 1.807) is 12.1 Å². The molecule has 2 aromatic rings. The van der Waals surface area contributed by atoms with Crippen LogP contribution in [-0.4, -0.2) is 16.8 Å². The van der Waals surface area contributed by atoms with Crippen molar-refractivity contribution in [1.29, 1.82) is 5.26 Å². The molecule has 2 rings (SSSR count). The van der Waals surface area contributed by atoms with E-state index < -0.39 is 0 Å². The number of amides is 1. The summed E-state index contributed by atoms with van der Waals surface area (Å²) in [6, 6.07) is 17.2. The zero-order chi connectivity index (χ0) is 16.1. The predicted molar refractivity (Wildman–Crippen MR) is 95.3 cm³/mol. The van der Waals surface area contributed by atoms with Crippen molar-refractivity contribution in [2.24, 2.45) is 0 Å². The molecule has 3 nitrogen and oxygen atoms in total. The van der Waals surface area contributed by atoms with Crippen molar-refractivity contribution in [3.05, 3.63) is 68.8 Å². The van der Waals surface area contributed by atoms with Crippen molar-refractivity contribution in [3.8, 4) is 6.07 Å². The summed E-state index contributed by atoms with van der Waals surface area (Å²) in [5.74, 6) is 0.0318. The van der Waals surface area contributed by atoms with E-state index in [-0.39, 0.29) is 11.9 Å². The lowest BCUT2D eigenvalue weighted by atomic mass is 10.1. The van der Waals surface area contributed by atoms with Crippen molar-refractivity contribution < 1.29 is 4.79 Å². The van der Waals surface area contributed by atoms with Crippen LogP contribution in [0.15, 0.2) is 48.5 Å². The highest BCUT2D eigenvalue weighted by Crippen LogP contribution is 2.18. The standard InChI is InChI=1S/C18H17IN2O/c1-13(2)21(12-15-9-7-14(11-20)8-10-15)18(22)16-5-3-4-6-17(16)19/h3-10,13H,12H2,1-2H3. The fourth-order valence-corrected chi connectivity index (χ4v) is 2.78. The van der Waals surface area contributed by atoms with Gasteiger partial charge in [-0.05, 0) is 66.3 Å². The Labute approximate surface area is 144 Å². The van der Waals surface area contributed by atoms with Gasteiger partial charge in [0, 0.05) is 16.2 Å². The maximum atomic E-state index is 12.8. The average molecular weight is 404 g/mol. The first-order valence-electron chi connectivity index (χ1n) is 7.07. The molecule has 4 heteroatoms. The van der Waals surface area contributed by atoms with Gasteiger partial charge in [0.25, 0.3) is 5.91 Å². The largest absolute Gasteiger partial charge is 0.332 e.